The maximum atomic E-state index is 11.9. The molecule has 1 saturated heterocycles. The summed E-state index contributed by atoms with van der Waals surface area (Å²) in [6.45, 7) is 3.24. The molecule has 2 aromatic carbocycles. The Morgan fingerprint density at radius 1 is 0.938 bits per heavy atom. The van der Waals surface area contributed by atoms with Crippen LogP contribution in [0.15, 0.2) is 60.7 Å². The van der Waals surface area contributed by atoms with Crippen LogP contribution >= 0.6 is 0 Å². The van der Waals surface area contributed by atoms with Crippen LogP contribution in [0.5, 0.6) is 0 Å². The number of benzene rings is 2. The van der Waals surface area contributed by atoms with Gasteiger partial charge in [-0.25, -0.2) is 13.1 Å². The molecule has 4 rings (SSSR count). The third-order valence-electron chi connectivity index (χ3n) is 6.92. The molecule has 5 nitrogen and oxygen atoms in total. The standard InChI is InChI=1S/C26H36N2O3S/c1-32(29,30)27-26-16-17-28(18-21-8-4-2-5-9-21)19-24(26)20-31-25-14-12-23(13-15-25)22-10-6-3-7-11-22/h2-11,23-27H,12-20H2,1H3/t23-,24-,25+,26?/m0/s1. The van der Waals surface area contributed by atoms with E-state index in [1.807, 2.05) is 6.07 Å². The topological polar surface area (TPSA) is 58.6 Å². The zero-order chi connectivity index (χ0) is 22.4. The molecule has 1 aliphatic carbocycles. The molecule has 2 aromatic rings. The molecule has 1 saturated carbocycles. The van der Waals surface area contributed by atoms with Crippen molar-refractivity contribution < 1.29 is 13.2 Å². The lowest BCUT2D eigenvalue weighted by molar-refractivity contribution is -0.0179. The summed E-state index contributed by atoms with van der Waals surface area (Å²) in [6, 6.07) is 21.2. The Hall–Kier alpha value is -1.73. The van der Waals surface area contributed by atoms with E-state index in [1.165, 1.54) is 17.4 Å². The second-order valence-corrected chi connectivity index (χ2v) is 11.3. The van der Waals surface area contributed by atoms with Crippen LogP contribution in [0, 0.1) is 5.92 Å². The highest BCUT2D eigenvalue weighted by molar-refractivity contribution is 7.88. The van der Waals surface area contributed by atoms with E-state index in [9.17, 15) is 8.42 Å². The highest BCUT2D eigenvalue weighted by Gasteiger charge is 2.32. The van der Waals surface area contributed by atoms with Crippen molar-refractivity contribution in [2.45, 2.75) is 56.7 Å². The van der Waals surface area contributed by atoms with Gasteiger partial charge in [0.05, 0.1) is 19.0 Å². The van der Waals surface area contributed by atoms with Gasteiger partial charge in [-0.15, -0.1) is 0 Å². The van der Waals surface area contributed by atoms with Crippen LogP contribution in [-0.4, -0.2) is 51.4 Å². The van der Waals surface area contributed by atoms with Gasteiger partial charge in [0.1, 0.15) is 0 Å². The van der Waals surface area contributed by atoms with E-state index in [0.717, 1.165) is 51.7 Å². The van der Waals surface area contributed by atoms with Crippen molar-refractivity contribution in [1.82, 2.24) is 9.62 Å². The Labute approximate surface area is 193 Å². The molecule has 2 aliphatic rings. The summed E-state index contributed by atoms with van der Waals surface area (Å²) >= 11 is 0. The van der Waals surface area contributed by atoms with Crippen molar-refractivity contribution in [3.63, 3.8) is 0 Å². The van der Waals surface area contributed by atoms with Crippen molar-refractivity contribution in [3.05, 3.63) is 71.8 Å². The lowest BCUT2D eigenvalue weighted by Crippen LogP contribution is -2.52. The summed E-state index contributed by atoms with van der Waals surface area (Å²) in [5.74, 6) is 0.792. The second kappa shape index (κ2) is 10.9. The minimum atomic E-state index is -3.24. The summed E-state index contributed by atoms with van der Waals surface area (Å²) < 4.78 is 33.1. The molecule has 6 heteroatoms. The van der Waals surface area contributed by atoms with E-state index in [1.54, 1.807) is 0 Å². The number of hydrogen-bond acceptors (Lipinski definition) is 4. The minimum Gasteiger partial charge on any atom is -0.378 e. The van der Waals surface area contributed by atoms with Crippen LogP contribution in [0.3, 0.4) is 0 Å². The van der Waals surface area contributed by atoms with E-state index in [0.29, 0.717) is 12.5 Å². The van der Waals surface area contributed by atoms with Gasteiger partial charge in [0.15, 0.2) is 0 Å². The SMILES string of the molecule is CS(=O)(=O)NC1CCN(Cc2ccccc2)C[C@H]1CO[C@H]1CC[C@@H](c2ccccc2)CC1. The van der Waals surface area contributed by atoms with Crippen molar-refractivity contribution >= 4 is 10.0 Å². The number of rotatable bonds is 8. The quantitative estimate of drug-likeness (QED) is 0.648. The number of hydrogen-bond donors (Lipinski definition) is 1. The molecule has 174 valence electrons. The number of piperidine rings is 1. The van der Waals surface area contributed by atoms with Gasteiger partial charge in [-0.1, -0.05) is 60.7 Å². The zero-order valence-corrected chi connectivity index (χ0v) is 19.8. The molecule has 0 radical (unpaired) electrons. The summed E-state index contributed by atoms with van der Waals surface area (Å²) in [5, 5.41) is 0. The van der Waals surface area contributed by atoms with Crippen LogP contribution in [0.25, 0.3) is 0 Å². The first-order chi connectivity index (χ1) is 15.5. The van der Waals surface area contributed by atoms with Crippen molar-refractivity contribution in [3.8, 4) is 0 Å². The first-order valence-corrected chi connectivity index (χ1v) is 13.8. The second-order valence-electron chi connectivity index (χ2n) is 9.48. The number of ether oxygens (including phenoxy) is 1. The minimum absolute atomic E-state index is 0.0577. The smallest absolute Gasteiger partial charge is 0.208 e. The number of nitrogens with one attached hydrogen (secondary N) is 1. The average molecular weight is 457 g/mol. The van der Waals surface area contributed by atoms with Crippen LogP contribution in [0.4, 0.5) is 0 Å². The molecule has 0 amide bonds. The van der Waals surface area contributed by atoms with Crippen molar-refractivity contribution in [1.29, 1.82) is 0 Å². The summed E-state index contributed by atoms with van der Waals surface area (Å²) in [7, 11) is -3.24. The van der Waals surface area contributed by atoms with Gasteiger partial charge in [0.25, 0.3) is 0 Å². The van der Waals surface area contributed by atoms with E-state index in [-0.39, 0.29) is 18.1 Å². The van der Waals surface area contributed by atoms with Gasteiger partial charge in [0.2, 0.25) is 10.0 Å². The van der Waals surface area contributed by atoms with Gasteiger partial charge in [-0.05, 0) is 49.1 Å². The first kappa shape index (κ1) is 23.4. The maximum absolute atomic E-state index is 11.9. The van der Waals surface area contributed by atoms with Gasteiger partial charge >= 0.3 is 0 Å². The van der Waals surface area contributed by atoms with E-state index >= 15 is 0 Å². The van der Waals surface area contributed by atoms with E-state index < -0.39 is 10.0 Å². The summed E-state index contributed by atoms with van der Waals surface area (Å²) in [6.07, 6.45) is 6.81. The average Bonchev–Trinajstić information content (AvgIpc) is 2.80. The first-order valence-electron chi connectivity index (χ1n) is 11.9. The molecule has 0 aromatic heterocycles. The van der Waals surface area contributed by atoms with Gasteiger partial charge in [-0.3, -0.25) is 4.90 Å². The summed E-state index contributed by atoms with van der Waals surface area (Å²) in [4.78, 5) is 2.43. The van der Waals surface area contributed by atoms with Crippen molar-refractivity contribution in [2.24, 2.45) is 5.92 Å². The fraction of sp³-hybridized carbons (Fsp3) is 0.538. The molecule has 1 aliphatic heterocycles. The molecule has 0 spiro atoms. The van der Waals surface area contributed by atoms with Gasteiger partial charge in [0, 0.05) is 31.6 Å². The monoisotopic (exact) mass is 456 g/mol. The molecule has 1 unspecified atom stereocenters. The van der Waals surface area contributed by atoms with E-state index in [4.69, 9.17) is 4.74 Å². The largest absolute Gasteiger partial charge is 0.378 e. The van der Waals surface area contributed by atoms with Crippen LogP contribution in [-0.2, 0) is 21.3 Å². The summed E-state index contributed by atoms with van der Waals surface area (Å²) in [5.41, 5.74) is 2.73. The fourth-order valence-corrected chi connectivity index (χ4v) is 6.10. The molecule has 0 bridgehead atoms. The molecular weight excluding hydrogens is 420 g/mol. The molecule has 2 atom stereocenters. The third-order valence-corrected chi connectivity index (χ3v) is 7.65. The number of nitrogens with zero attached hydrogens (tertiary/aromatic N) is 1. The lowest BCUT2D eigenvalue weighted by Gasteiger charge is -2.39. The normalized spacial score (nSPS) is 27.3. The fourth-order valence-electron chi connectivity index (χ4n) is 5.24. The number of likely N-dealkylation sites (tertiary alicyclic amines) is 1. The predicted molar refractivity (Wildman–Crippen MR) is 129 cm³/mol. The lowest BCUT2D eigenvalue weighted by atomic mass is 9.82. The molecule has 1 N–H and O–H groups in total. The van der Waals surface area contributed by atoms with Crippen LogP contribution < -0.4 is 4.72 Å². The molecule has 1 heterocycles. The highest BCUT2D eigenvalue weighted by atomic mass is 32.2. The number of sulfonamides is 1. The van der Waals surface area contributed by atoms with Gasteiger partial charge < -0.3 is 4.74 Å². The van der Waals surface area contributed by atoms with Crippen molar-refractivity contribution in [2.75, 3.05) is 26.0 Å². The highest BCUT2D eigenvalue weighted by Crippen LogP contribution is 2.34. The van der Waals surface area contributed by atoms with Crippen LogP contribution in [0.1, 0.15) is 49.1 Å². The Bertz CT molecular complexity index is 928. The molecule has 2 fully saturated rings. The Morgan fingerprint density at radius 3 is 2.25 bits per heavy atom. The Balaban J connectivity index is 1.32. The maximum Gasteiger partial charge on any atom is 0.208 e. The van der Waals surface area contributed by atoms with Gasteiger partial charge in [-0.2, -0.15) is 0 Å². The third kappa shape index (κ3) is 6.88. The van der Waals surface area contributed by atoms with E-state index in [2.05, 4.69) is 64.2 Å². The Kier molecular flexibility index (Phi) is 8.00. The predicted octanol–water partition coefficient (Wildman–Crippen LogP) is 4.17. The van der Waals surface area contributed by atoms with Crippen LogP contribution in [0.2, 0.25) is 0 Å². The zero-order valence-electron chi connectivity index (χ0n) is 19.0. The Morgan fingerprint density at radius 2 is 1.59 bits per heavy atom. The molecular formula is C26H36N2O3S. The molecule has 32 heavy (non-hydrogen) atoms.